The Kier molecular flexibility index (Phi) is 25.7. The van der Waals surface area contributed by atoms with Crippen LogP contribution in [0.4, 0.5) is 0 Å². The summed E-state index contributed by atoms with van der Waals surface area (Å²) >= 11 is 0. The number of hydrogen-bond acceptors (Lipinski definition) is 4. The van der Waals surface area contributed by atoms with Crippen molar-refractivity contribution >= 4 is 33.5 Å². The average Bonchev–Trinajstić information content (AvgIpc) is 0.722. The average molecular weight is 199 g/mol. The fourth-order valence-electron chi connectivity index (χ4n) is 0. The van der Waals surface area contributed by atoms with Crippen molar-refractivity contribution in [2.75, 3.05) is 0 Å². The van der Waals surface area contributed by atoms with Crippen molar-refractivity contribution in [3.8, 4) is 0 Å². The molecular formula is FeMgNaO4S+3. The van der Waals surface area contributed by atoms with Gasteiger partial charge in [0.1, 0.15) is 0 Å². The summed E-state index contributed by atoms with van der Waals surface area (Å²) in [5.74, 6) is 0. The molecule has 38 valence electrons. The molecule has 0 fully saturated rings. The molecule has 0 radical (unpaired) electrons. The molecule has 0 saturated heterocycles. The van der Waals surface area contributed by atoms with E-state index in [0.717, 1.165) is 0 Å². The van der Waals surface area contributed by atoms with Gasteiger partial charge in [-0.25, -0.2) is 0 Å². The summed E-state index contributed by atoms with van der Waals surface area (Å²) in [6.07, 6.45) is 0. The van der Waals surface area contributed by atoms with E-state index in [-0.39, 0.29) is 69.7 Å². The van der Waals surface area contributed by atoms with E-state index in [1.54, 1.807) is 0 Å². The van der Waals surface area contributed by atoms with Gasteiger partial charge in [0.05, 0.1) is 0 Å². The minimum atomic E-state index is -5.17. The Morgan fingerprint density at radius 1 is 1.12 bits per heavy atom. The summed E-state index contributed by atoms with van der Waals surface area (Å²) in [7, 11) is -5.17. The summed E-state index contributed by atoms with van der Waals surface area (Å²) in [6, 6.07) is 0. The summed E-state index contributed by atoms with van der Waals surface area (Å²) in [5.41, 5.74) is 0. The van der Waals surface area contributed by atoms with Crippen molar-refractivity contribution in [3.05, 3.63) is 0 Å². The van der Waals surface area contributed by atoms with Gasteiger partial charge in [-0.1, -0.05) is 0 Å². The van der Waals surface area contributed by atoms with Crippen molar-refractivity contribution in [3.63, 3.8) is 0 Å². The minimum absolute atomic E-state index is 0. The first-order valence-corrected chi connectivity index (χ1v) is 2.00. The van der Waals surface area contributed by atoms with Crippen LogP contribution in [0.15, 0.2) is 0 Å². The van der Waals surface area contributed by atoms with Gasteiger partial charge in [0, 0.05) is 10.4 Å². The Labute approximate surface area is 96.3 Å². The molecule has 0 aliphatic rings. The van der Waals surface area contributed by atoms with Gasteiger partial charge in [0.2, 0.25) is 0 Å². The number of hydrogen-bond donors (Lipinski definition) is 0. The topological polar surface area (TPSA) is 80.3 Å². The third-order valence-corrected chi connectivity index (χ3v) is 0. The minimum Gasteiger partial charge on any atom is -0.759 e. The molecule has 0 amide bonds. The van der Waals surface area contributed by atoms with Crippen molar-refractivity contribution in [1.29, 1.82) is 0 Å². The molecule has 0 aliphatic carbocycles. The van der Waals surface area contributed by atoms with Crippen molar-refractivity contribution < 1.29 is 64.1 Å². The molecule has 0 bridgehead atoms. The van der Waals surface area contributed by atoms with E-state index in [0.29, 0.717) is 0 Å². The molecule has 0 spiro atoms. The molecule has 0 aromatic heterocycles. The van der Waals surface area contributed by atoms with Crippen LogP contribution in [0.1, 0.15) is 0 Å². The first-order chi connectivity index (χ1) is 2.00. The second kappa shape index (κ2) is 9.16. The maximum Gasteiger partial charge on any atom is 2.00 e. The fraction of sp³-hybridized carbons (Fsp3) is 0. The molecule has 0 atom stereocenters. The predicted molar refractivity (Wildman–Crippen MR) is 16.2 cm³/mol. The summed E-state index contributed by atoms with van der Waals surface area (Å²) < 4.78 is 34.1. The van der Waals surface area contributed by atoms with Crippen LogP contribution in [0.25, 0.3) is 0 Å². The molecule has 0 unspecified atom stereocenters. The fourth-order valence-corrected chi connectivity index (χ4v) is 0. The van der Waals surface area contributed by atoms with Gasteiger partial charge in [0.25, 0.3) is 0 Å². The van der Waals surface area contributed by atoms with E-state index in [1.165, 1.54) is 0 Å². The van der Waals surface area contributed by atoms with Crippen LogP contribution in [0.2, 0.25) is 0 Å². The Morgan fingerprint density at radius 3 is 1.12 bits per heavy atom. The predicted octanol–water partition coefficient (Wildman–Crippen LogP) is -4.72. The Balaban J connectivity index is -0.0000000267. The zero-order valence-corrected chi connectivity index (χ0v) is 9.44. The molecule has 0 heterocycles. The molecule has 8 heavy (non-hydrogen) atoms. The molecule has 8 heteroatoms. The van der Waals surface area contributed by atoms with Crippen molar-refractivity contribution in [2.45, 2.75) is 0 Å². The maximum atomic E-state index is 8.52. The second-order valence-corrected chi connectivity index (χ2v) is 1.22. The zero-order valence-electron chi connectivity index (χ0n) is 4.10. The molecule has 0 aromatic carbocycles. The first kappa shape index (κ1) is 22.5. The largest absolute Gasteiger partial charge is 2.00 e. The molecule has 0 aromatic rings. The summed E-state index contributed by atoms with van der Waals surface area (Å²) in [5, 5.41) is 0. The number of rotatable bonds is 0. The smallest absolute Gasteiger partial charge is 0.759 e. The van der Waals surface area contributed by atoms with Gasteiger partial charge in [-0.3, -0.25) is 8.42 Å². The van der Waals surface area contributed by atoms with Crippen molar-refractivity contribution in [1.82, 2.24) is 0 Å². The summed E-state index contributed by atoms with van der Waals surface area (Å²) in [4.78, 5) is 0. The molecule has 0 saturated carbocycles. The Hall–Kier alpha value is 2.16. The third kappa shape index (κ3) is 89.9. The van der Waals surface area contributed by atoms with E-state index >= 15 is 0 Å². The summed E-state index contributed by atoms with van der Waals surface area (Å²) in [6.45, 7) is 0. The Morgan fingerprint density at radius 2 is 1.12 bits per heavy atom. The normalized spacial score (nSPS) is 7.25. The molecule has 4 nitrogen and oxygen atoms in total. The standard InChI is InChI=1S/Fe.Mg.Na.H2O4S/c;;;1-5(2,3)4/h;;;(H2,1,2,3,4)/q2*+2;+1;/p-2. The van der Waals surface area contributed by atoms with E-state index < -0.39 is 10.4 Å². The van der Waals surface area contributed by atoms with Gasteiger partial charge in [-0.05, 0) is 0 Å². The SMILES string of the molecule is O=S(=O)([O-])[O-].[Fe+2].[Mg+2].[Na+]. The third-order valence-electron chi connectivity index (χ3n) is 0. The van der Waals surface area contributed by atoms with Crippen LogP contribution in [-0.2, 0) is 27.5 Å². The van der Waals surface area contributed by atoms with Gasteiger partial charge in [-0.2, -0.15) is 0 Å². The van der Waals surface area contributed by atoms with Gasteiger partial charge in [-0.15, -0.1) is 0 Å². The van der Waals surface area contributed by atoms with Crippen LogP contribution in [0.3, 0.4) is 0 Å². The molecule has 0 rings (SSSR count). The van der Waals surface area contributed by atoms with Gasteiger partial charge in [0.15, 0.2) is 0 Å². The van der Waals surface area contributed by atoms with E-state index in [2.05, 4.69) is 0 Å². The van der Waals surface area contributed by atoms with Gasteiger partial charge < -0.3 is 9.11 Å². The monoisotopic (exact) mass is 199 g/mol. The van der Waals surface area contributed by atoms with Crippen LogP contribution in [-0.4, -0.2) is 40.6 Å². The second-order valence-electron chi connectivity index (χ2n) is 0.408. The molecule has 0 N–H and O–H groups in total. The van der Waals surface area contributed by atoms with Crippen LogP contribution in [0, 0.1) is 0 Å². The van der Waals surface area contributed by atoms with E-state index in [9.17, 15) is 0 Å². The maximum absolute atomic E-state index is 8.52. The van der Waals surface area contributed by atoms with E-state index in [4.69, 9.17) is 17.5 Å². The Bertz CT molecular complexity index is 99.2. The quantitative estimate of drug-likeness (QED) is 0.223. The van der Waals surface area contributed by atoms with Crippen LogP contribution >= 0.6 is 0 Å². The van der Waals surface area contributed by atoms with E-state index in [1.807, 2.05) is 0 Å². The van der Waals surface area contributed by atoms with Crippen LogP contribution < -0.4 is 29.6 Å². The van der Waals surface area contributed by atoms with Crippen LogP contribution in [0.5, 0.6) is 0 Å². The van der Waals surface area contributed by atoms with Crippen molar-refractivity contribution in [2.24, 2.45) is 0 Å². The van der Waals surface area contributed by atoms with Gasteiger partial charge >= 0.3 is 69.7 Å². The molecular weight excluding hydrogens is 199 g/mol. The first-order valence-electron chi connectivity index (χ1n) is 0.667. The molecule has 0 aliphatic heterocycles. The zero-order chi connectivity index (χ0) is 4.50.